The lowest BCUT2D eigenvalue weighted by Gasteiger charge is -2.04. The van der Waals surface area contributed by atoms with Crippen molar-refractivity contribution >= 4 is 31.5 Å². The van der Waals surface area contributed by atoms with E-state index in [0.29, 0.717) is 5.56 Å². The van der Waals surface area contributed by atoms with Crippen molar-refractivity contribution in [1.82, 2.24) is 0 Å². The van der Waals surface area contributed by atoms with E-state index in [1.54, 1.807) is 12.1 Å². The highest BCUT2D eigenvalue weighted by atomic mass is 32.2. The maximum absolute atomic E-state index is 10.3. The molecule has 0 aliphatic heterocycles. The average Bonchev–Trinajstić information content (AvgIpc) is 2.04. The van der Waals surface area contributed by atoms with E-state index >= 15 is 0 Å². The van der Waals surface area contributed by atoms with Gasteiger partial charge in [0.05, 0.1) is 4.58 Å². The van der Waals surface area contributed by atoms with Crippen LogP contribution >= 0.6 is 25.3 Å². The fourth-order valence-electron chi connectivity index (χ4n) is 0.815. The Balaban J connectivity index is 3.12. The first-order valence-electron chi connectivity index (χ1n) is 3.09. The van der Waals surface area contributed by atoms with Crippen LogP contribution < -0.4 is 0 Å². The molecule has 1 aromatic carbocycles. The smallest absolute Gasteiger partial charge is 0.233 e. The van der Waals surface area contributed by atoms with Gasteiger partial charge < -0.3 is 0 Å². The van der Waals surface area contributed by atoms with Gasteiger partial charge in [-0.2, -0.15) is 25.3 Å². The molecule has 0 atom stereocenters. The molecule has 1 nitrogen and oxygen atoms in total. The molecule has 3 heteroatoms. The number of hydrogen-bond donors (Lipinski definition) is 2. The van der Waals surface area contributed by atoms with E-state index in [1.165, 1.54) is 0 Å². The van der Waals surface area contributed by atoms with E-state index in [4.69, 9.17) is 0 Å². The minimum Gasteiger partial charge on any atom is -0.285 e. The topological polar surface area (TPSA) is 17.1 Å². The monoisotopic (exact) mass is 183 g/mol. The molecule has 0 heterocycles. The molecular formula is C8H7OS2. The molecule has 1 aromatic rings. The van der Waals surface area contributed by atoms with E-state index in [2.05, 4.69) is 25.3 Å². The molecule has 0 saturated carbocycles. The van der Waals surface area contributed by atoms with Gasteiger partial charge in [0.1, 0.15) is 0 Å². The lowest BCUT2D eigenvalue weighted by Crippen LogP contribution is -1.90. The summed E-state index contributed by atoms with van der Waals surface area (Å²) in [6.07, 6.45) is 1.83. The first-order chi connectivity index (χ1) is 5.25. The Kier molecular flexibility index (Phi) is 3.02. The van der Waals surface area contributed by atoms with Gasteiger partial charge in [-0.3, -0.25) is 4.79 Å². The highest BCUT2D eigenvalue weighted by Gasteiger charge is 2.05. The summed E-state index contributed by atoms with van der Waals surface area (Å²) in [5.41, 5.74) is 1.33. The van der Waals surface area contributed by atoms with Gasteiger partial charge in [-0.15, -0.1) is 0 Å². The second kappa shape index (κ2) is 3.83. The predicted octanol–water partition coefficient (Wildman–Crippen LogP) is 2.00. The Morgan fingerprint density at radius 2 is 1.91 bits per heavy atom. The summed E-state index contributed by atoms with van der Waals surface area (Å²) in [4.78, 5) is 10.3. The predicted molar refractivity (Wildman–Crippen MR) is 52.0 cm³/mol. The number of carbonyl (C=O) groups excluding carboxylic acids is 1. The molecule has 0 unspecified atom stereocenters. The van der Waals surface area contributed by atoms with Crippen molar-refractivity contribution in [2.24, 2.45) is 0 Å². The van der Waals surface area contributed by atoms with Gasteiger partial charge in [0.2, 0.25) is 6.29 Å². The second-order valence-electron chi connectivity index (χ2n) is 2.06. The minimum absolute atomic E-state index is 0.215. The Morgan fingerprint density at radius 1 is 1.27 bits per heavy atom. The normalized spacial score (nSPS) is 10.1. The molecule has 11 heavy (non-hydrogen) atoms. The SMILES string of the molecule is O=[C]c1ccccc1C(S)S. The lowest BCUT2D eigenvalue weighted by atomic mass is 10.1. The number of thiol groups is 2. The maximum atomic E-state index is 10.3. The van der Waals surface area contributed by atoms with E-state index in [0.717, 1.165) is 5.56 Å². The van der Waals surface area contributed by atoms with Gasteiger partial charge in [-0.1, -0.05) is 24.3 Å². The van der Waals surface area contributed by atoms with Crippen molar-refractivity contribution in [3.05, 3.63) is 35.4 Å². The van der Waals surface area contributed by atoms with Gasteiger partial charge >= 0.3 is 0 Å². The first-order valence-corrected chi connectivity index (χ1v) is 4.12. The van der Waals surface area contributed by atoms with Crippen molar-refractivity contribution in [2.75, 3.05) is 0 Å². The van der Waals surface area contributed by atoms with Crippen LogP contribution in [0.5, 0.6) is 0 Å². The summed E-state index contributed by atoms with van der Waals surface area (Å²) in [6.45, 7) is 0. The largest absolute Gasteiger partial charge is 0.285 e. The second-order valence-corrected chi connectivity index (χ2v) is 3.50. The minimum atomic E-state index is -0.215. The zero-order valence-electron chi connectivity index (χ0n) is 5.69. The van der Waals surface area contributed by atoms with Crippen LogP contribution in [0.4, 0.5) is 0 Å². The zero-order chi connectivity index (χ0) is 8.27. The molecule has 57 valence electrons. The van der Waals surface area contributed by atoms with E-state index < -0.39 is 0 Å². The maximum Gasteiger partial charge on any atom is 0.233 e. The molecule has 0 spiro atoms. The third-order valence-corrected chi connectivity index (χ3v) is 1.91. The lowest BCUT2D eigenvalue weighted by molar-refractivity contribution is 0.562. The quantitative estimate of drug-likeness (QED) is 0.530. The third-order valence-electron chi connectivity index (χ3n) is 1.35. The summed E-state index contributed by atoms with van der Waals surface area (Å²) in [6, 6.07) is 7.13. The standard InChI is InChI=1S/C8H7OS2/c9-5-6-3-1-2-4-7(6)8(10)11/h1-4,8,10-11H. The fraction of sp³-hybridized carbons (Fsp3) is 0.125. The van der Waals surface area contributed by atoms with Gasteiger partial charge in [-0.05, 0) is 5.56 Å². The van der Waals surface area contributed by atoms with Crippen molar-refractivity contribution in [3.8, 4) is 0 Å². The number of benzene rings is 1. The Labute approximate surface area is 76.6 Å². The molecule has 0 fully saturated rings. The third kappa shape index (κ3) is 2.01. The molecular weight excluding hydrogens is 176 g/mol. The van der Waals surface area contributed by atoms with Crippen LogP contribution in [0.2, 0.25) is 0 Å². The summed E-state index contributed by atoms with van der Waals surface area (Å²) in [5.74, 6) is 0. The number of hydrogen-bond acceptors (Lipinski definition) is 3. The molecule has 0 aliphatic rings. The Hall–Kier alpha value is -0.410. The Bertz CT molecular complexity index is 258. The summed E-state index contributed by atoms with van der Waals surface area (Å²) >= 11 is 8.19. The highest BCUT2D eigenvalue weighted by Crippen LogP contribution is 2.25. The molecule has 0 saturated heterocycles. The van der Waals surface area contributed by atoms with Gasteiger partial charge in [0.15, 0.2) is 0 Å². The van der Waals surface area contributed by atoms with Crippen LogP contribution in [0.3, 0.4) is 0 Å². The average molecular weight is 183 g/mol. The summed E-state index contributed by atoms with van der Waals surface area (Å²) in [5, 5.41) is 0. The van der Waals surface area contributed by atoms with Crippen LogP contribution in [0, 0.1) is 0 Å². The molecule has 0 aromatic heterocycles. The van der Waals surface area contributed by atoms with Crippen LogP contribution in [0.15, 0.2) is 24.3 Å². The van der Waals surface area contributed by atoms with Crippen LogP contribution in [0.25, 0.3) is 0 Å². The van der Waals surface area contributed by atoms with Gasteiger partial charge in [-0.25, -0.2) is 0 Å². The van der Waals surface area contributed by atoms with E-state index in [9.17, 15) is 4.79 Å². The van der Waals surface area contributed by atoms with Crippen molar-refractivity contribution < 1.29 is 4.79 Å². The molecule has 0 N–H and O–H groups in total. The highest BCUT2D eigenvalue weighted by molar-refractivity contribution is 7.98. The first kappa shape index (κ1) is 8.68. The van der Waals surface area contributed by atoms with Crippen molar-refractivity contribution in [1.29, 1.82) is 0 Å². The van der Waals surface area contributed by atoms with Crippen LogP contribution in [0.1, 0.15) is 15.7 Å². The Morgan fingerprint density at radius 3 is 2.36 bits per heavy atom. The molecule has 1 radical (unpaired) electrons. The summed E-state index contributed by atoms with van der Waals surface area (Å²) in [7, 11) is 0. The van der Waals surface area contributed by atoms with E-state index in [-0.39, 0.29) is 4.58 Å². The van der Waals surface area contributed by atoms with Crippen molar-refractivity contribution in [2.45, 2.75) is 4.58 Å². The van der Waals surface area contributed by atoms with Gasteiger partial charge in [0, 0.05) is 5.56 Å². The van der Waals surface area contributed by atoms with Crippen LogP contribution in [-0.2, 0) is 4.79 Å². The number of rotatable bonds is 2. The molecule has 0 aliphatic carbocycles. The van der Waals surface area contributed by atoms with Crippen LogP contribution in [-0.4, -0.2) is 6.29 Å². The summed E-state index contributed by atoms with van der Waals surface area (Å²) < 4.78 is -0.215. The zero-order valence-corrected chi connectivity index (χ0v) is 7.48. The van der Waals surface area contributed by atoms with E-state index in [1.807, 2.05) is 18.4 Å². The molecule has 1 rings (SSSR count). The molecule has 0 bridgehead atoms. The molecule has 0 amide bonds. The van der Waals surface area contributed by atoms with Crippen molar-refractivity contribution in [3.63, 3.8) is 0 Å². The van der Waals surface area contributed by atoms with Gasteiger partial charge in [0.25, 0.3) is 0 Å². The fourth-order valence-corrected chi connectivity index (χ4v) is 1.27.